The lowest BCUT2D eigenvalue weighted by Crippen LogP contribution is -2.21. The Morgan fingerprint density at radius 2 is 1.79 bits per heavy atom. The zero-order valence-corrected chi connectivity index (χ0v) is 14.5. The zero-order chi connectivity index (χ0) is 19.5. The molecule has 0 atom stereocenters. The van der Waals surface area contributed by atoms with E-state index in [4.69, 9.17) is 4.42 Å². The molecule has 2 aromatic heterocycles. The molecule has 138 valence electrons. The second kappa shape index (κ2) is 7.24. The van der Waals surface area contributed by atoms with Crippen LogP contribution in [0, 0.1) is 0 Å². The number of rotatable bonds is 4. The molecule has 0 saturated carbocycles. The van der Waals surface area contributed by atoms with Gasteiger partial charge in [0.15, 0.2) is 5.82 Å². The van der Waals surface area contributed by atoms with E-state index in [-0.39, 0.29) is 11.3 Å². The molecule has 0 spiro atoms. The Labute approximate surface area is 159 Å². The Hall–Kier alpha value is -4.13. The van der Waals surface area contributed by atoms with Crippen LogP contribution in [0.15, 0.2) is 82.1 Å². The molecule has 7 heteroatoms. The van der Waals surface area contributed by atoms with Gasteiger partial charge in [0.1, 0.15) is 16.9 Å². The van der Waals surface area contributed by atoms with Crippen LogP contribution in [-0.2, 0) is 0 Å². The summed E-state index contributed by atoms with van der Waals surface area (Å²) in [5.74, 6) is -0.0592. The van der Waals surface area contributed by atoms with E-state index in [1.807, 2.05) is 0 Å². The number of hydrogen-bond donors (Lipinski definition) is 3. The molecule has 0 saturated heterocycles. The van der Waals surface area contributed by atoms with E-state index in [2.05, 4.69) is 15.6 Å². The minimum atomic E-state index is -0.715. The lowest BCUT2D eigenvalue weighted by atomic mass is 10.2. The number of phenolic OH excluding ortho intramolecular Hbond substituents is 1. The highest BCUT2D eigenvalue weighted by molar-refractivity contribution is 6.06. The monoisotopic (exact) mass is 373 g/mol. The van der Waals surface area contributed by atoms with Crippen molar-refractivity contribution in [2.45, 2.75) is 0 Å². The first-order chi connectivity index (χ1) is 13.6. The summed E-state index contributed by atoms with van der Waals surface area (Å²) < 4.78 is 5.22. The van der Waals surface area contributed by atoms with E-state index in [1.165, 1.54) is 18.2 Å². The molecule has 0 unspecified atom stereocenters. The normalized spacial score (nSPS) is 10.6. The molecule has 3 N–H and O–H groups in total. The Morgan fingerprint density at radius 1 is 1.00 bits per heavy atom. The van der Waals surface area contributed by atoms with Gasteiger partial charge in [-0.1, -0.05) is 18.2 Å². The number of para-hydroxylation sites is 1. The summed E-state index contributed by atoms with van der Waals surface area (Å²) in [6.07, 6.45) is 1.57. The number of fused-ring (bicyclic) bond motifs is 1. The Balaban J connectivity index is 1.62. The summed E-state index contributed by atoms with van der Waals surface area (Å²) in [5.41, 5.74) is 0.678. The SMILES string of the molecule is O=C(Nc1cccnc1Nc1ccc(O)cc1)c1cc2ccccc2oc1=O. The van der Waals surface area contributed by atoms with Crippen molar-refractivity contribution in [3.63, 3.8) is 0 Å². The molecule has 4 rings (SSSR count). The van der Waals surface area contributed by atoms with Gasteiger partial charge in [-0.25, -0.2) is 9.78 Å². The number of nitrogens with one attached hydrogen (secondary N) is 2. The van der Waals surface area contributed by atoms with E-state index < -0.39 is 11.5 Å². The van der Waals surface area contributed by atoms with Gasteiger partial charge in [-0.3, -0.25) is 4.79 Å². The number of carbonyl (C=O) groups excluding carboxylic acids is 1. The predicted molar refractivity (Wildman–Crippen MR) is 106 cm³/mol. The fourth-order valence-electron chi connectivity index (χ4n) is 2.70. The van der Waals surface area contributed by atoms with Crippen LogP contribution >= 0.6 is 0 Å². The Bertz CT molecular complexity index is 1220. The van der Waals surface area contributed by atoms with E-state index >= 15 is 0 Å². The summed E-state index contributed by atoms with van der Waals surface area (Å²) in [6, 6.07) is 18.2. The second-order valence-electron chi connectivity index (χ2n) is 6.01. The number of nitrogens with zero attached hydrogens (tertiary/aromatic N) is 1. The van der Waals surface area contributed by atoms with Crippen molar-refractivity contribution in [3.8, 4) is 5.75 Å². The van der Waals surface area contributed by atoms with Crippen molar-refractivity contribution < 1.29 is 14.3 Å². The maximum atomic E-state index is 12.7. The lowest BCUT2D eigenvalue weighted by Gasteiger charge is -2.12. The van der Waals surface area contributed by atoms with Crippen LogP contribution in [0.25, 0.3) is 11.0 Å². The number of aromatic nitrogens is 1. The van der Waals surface area contributed by atoms with Crippen molar-refractivity contribution in [2.75, 3.05) is 10.6 Å². The highest BCUT2D eigenvalue weighted by Gasteiger charge is 2.16. The minimum Gasteiger partial charge on any atom is -0.508 e. The van der Waals surface area contributed by atoms with Crippen LogP contribution < -0.4 is 16.3 Å². The maximum Gasteiger partial charge on any atom is 0.349 e. The molecular weight excluding hydrogens is 358 g/mol. The molecule has 0 bridgehead atoms. The molecule has 2 heterocycles. The summed E-state index contributed by atoms with van der Waals surface area (Å²) >= 11 is 0. The number of carbonyl (C=O) groups is 1. The maximum absolute atomic E-state index is 12.7. The first-order valence-corrected chi connectivity index (χ1v) is 8.45. The third kappa shape index (κ3) is 3.54. The Kier molecular flexibility index (Phi) is 4.47. The van der Waals surface area contributed by atoms with Crippen LogP contribution in [-0.4, -0.2) is 16.0 Å². The molecule has 28 heavy (non-hydrogen) atoms. The molecule has 7 nitrogen and oxygen atoms in total. The molecule has 1 amide bonds. The summed E-state index contributed by atoms with van der Waals surface area (Å²) in [6.45, 7) is 0. The molecule has 2 aromatic carbocycles. The second-order valence-corrected chi connectivity index (χ2v) is 6.01. The van der Waals surface area contributed by atoms with Gasteiger partial charge < -0.3 is 20.2 Å². The largest absolute Gasteiger partial charge is 0.508 e. The molecule has 0 fully saturated rings. The minimum absolute atomic E-state index is 0.0989. The van der Waals surface area contributed by atoms with Gasteiger partial charge in [0.05, 0.1) is 5.69 Å². The Morgan fingerprint density at radius 3 is 2.61 bits per heavy atom. The number of phenols is 1. The zero-order valence-electron chi connectivity index (χ0n) is 14.5. The van der Waals surface area contributed by atoms with E-state index in [9.17, 15) is 14.7 Å². The standard InChI is InChI=1S/C21H15N3O4/c25-15-9-7-14(8-10-15)23-19-17(5-3-11-22-19)24-20(26)16-12-13-4-1-2-6-18(13)28-21(16)27/h1-12,25H,(H,22,23)(H,24,26). The quantitative estimate of drug-likeness (QED) is 0.370. The third-order valence-electron chi connectivity index (χ3n) is 4.07. The fourth-order valence-corrected chi connectivity index (χ4v) is 2.70. The fraction of sp³-hybridized carbons (Fsp3) is 0. The summed E-state index contributed by atoms with van der Waals surface area (Å²) in [7, 11) is 0. The summed E-state index contributed by atoms with van der Waals surface area (Å²) in [4.78, 5) is 29.1. The van der Waals surface area contributed by atoms with Gasteiger partial charge in [0.25, 0.3) is 5.91 Å². The molecule has 0 aliphatic rings. The number of pyridine rings is 1. The first-order valence-electron chi connectivity index (χ1n) is 8.45. The average molecular weight is 373 g/mol. The van der Waals surface area contributed by atoms with Gasteiger partial charge in [-0.05, 0) is 48.5 Å². The van der Waals surface area contributed by atoms with E-state index in [1.54, 1.807) is 54.7 Å². The number of benzene rings is 2. The molecular formula is C21H15N3O4. The van der Waals surface area contributed by atoms with Crippen LogP contribution in [0.1, 0.15) is 10.4 Å². The van der Waals surface area contributed by atoms with E-state index in [0.717, 1.165) is 0 Å². The first kappa shape index (κ1) is 17.3. The van der Waals surface area contributed by atoms with Gasteiger partial charge in [-0.15, -0.1) is 0 Å². The predicted octanol–water partition coefficient (Wildman–Crippen LogP) is 3.89. The number of anilines is 3. The van der Waals surface area contributed by atoms with Crippen LogP contribution in [0.5, 0.6) is 5.75 Å². The molecule has 0 aliphatic heterocycles. The van der Waals surface area contributed by atoms with Crippen molar-refractivity contribution in [2.24, 2.45) is 0 Å². The van der Waals surface area contributed by atoms with Crippen molar-refractivity contribution in [3.05, 3.63) is 88.9 Å². The van der Waals surface area contributed by atoms with Gasteiger partial charge in [0.2, 0.25) is 0 Å². The highest BCUT2D eigenvalue weighted by atomic mass is 16.4. The van der Waals surface area contributed by atoms with Crippen LogP contribution in [0.4, 0.5) is 17.2 Å². The van der Waals surface area contributed by atoms with Gasteiger partial charge >= 0.3 is 5.63 Å². The van der Waals surface area contributed by atoms with Crippen molar-refractivity contribution in [1.82, 2.24) is 4.98 Å². The van der Waals surface area contributed by atoms with Crippen molar-refractivity contribution in [1.29, 1.82) is 0 Å². The molecule has 0 radical (unpaired) electrons. The summed E-state index contributed by atoms with van der Waals surface area (Å²) in [5, 5.41) is 15.8. The van der Waals surface area contributed by atoms with Crippen molar-refractivity contribution >= 4 is 34.1 Å². The molecule has 4 aromatic rings. The number of hydrogen-bond acceptors (Lipinski definition) is 6. The van der Waals surface area contributed by atoms with E-state index in [0.29, 0.717) is 28.2 Å². The number of amides is 1. The average Bonchev–Trinajstić information content (AvgIpc) is 2.70. The third-order valence-corrected chi connectivity index (χ3v) is 4.07. The van der Waals surface area contributed by atoms with Gasteiger partial charge in [-0.2, -0.15) is 0 Å². The topological polar surface area (TPSA) is 104 Å². The lowest BCUT2D eigenvalue weighted by molar-refractivity contribution is 0.102. The number of aromatic hydroxyl groups is 1. The molecule has 0 aliphatic carbocycles. The van der Waals surface area contributed by atoms with Crippen LogP contribution in [0.3, 0.4) is 0 Å². The smallest absolute Gasteiger partial charge is 0.349 e. The van der Waals surface area contributed by atoms with Gasteiger partial charge in [0, 0.05) is 17.3 Å². The highest BCUT2D eigenvalue weighted by Crippen LogP contribution is 2.24. The van der Waals surface area contributed by atoms with Crippen LogP contribution in [0.2, 0.25) is 0 Å².